The molecule has 0 aliphatic carbocycles. The third-order valence-electron chi connectivity index (χ3n) is 4.53. The lowest BCUT2D eigenvalue weighted by Gasteiger charge is -2.11. The van der Waals surface area contributed by atoms with Crippen molar-refractivity contribution in [3.05, 3.63) is 65.6 Å². The Morgan fingerprint density at radius 2 is 2.12 bits per heavy atom. The first-order chi connectivity index (χ1) is 12.2. The maximum Gasteiger partial charge on any atom is 0.220 e. The number of fused-ring (bicyclic) bond motifs is 1. The zero-order valence-electron chi connectivity index (χ0n) is 14.0. The summed E-state index contributed by atoms with van der Waals surface area (Å²) < 4.78 is 0. The highest BCUT2D eigenvalue weighted by Crippen LogP contribution is 2.26. The van der Waals surface area contributed by atoms with E-state index in [1.807, 2.05) is 29.4 Å². The number of hydrogen-bond acceptors (Lipinski definition) is 4. The SMILES string of the molecule is CC(=O)N1Cc2ccc(NCc3cn[nH]c3-c3cccnc3)cc2C1. The average molecular weight is 333 g/mol. The second-order valence-electron chi connectivity index (χ2n) is 6.22. The van der Waals surface area contributed by atoms with E-state index in [1.54, 1.807) is 13.1 Å². The molecule has 25 heavy (non-hydrogen) atoms. The summed E-state index contributed by atoms with van der Waals surface area (Å²) in [6, 6.07) is 10.2. The van der Waals surface area contributed by atoms with E-state index in [9.17, 15) is 4.79 Å². The Balaban J connectivity index is 1.48. The Kier molecular flexibility index (Phi) is 3.93. The minimum Gasteiger partial charge on any atom is -0.381 e. The van der Waals surface area contributed by atoms with Crippen molar-refractivity contribution < 1.29 is 4.79 Å². The number of nitrogens with one attached hydrogen (secondary N) is 2. The molecule has 3 aromatic rings. The van der Waals surface area contributed by atoms with Gasteiger partial charge in [-0.2, -0.15) is 5.10 Å². The highest BCUT2D eigenvalue weighted by atomic mass is 16.2. The number of H-pyrrole nitrogens is 1. The number of aromatic nitrogens is 3. The van der Waals surface area contributed by atoms with E-state index in [0.29, 0.717) is 19.6 Å². The van der Waals surface area contributed by atoms with Crippen LogP contribution in [-0.2, 0) is 24.4 Å². The van der Waals surface area contributed by atoms with Gasteiger partial charge in [0.05, 0.1) is 11.9 Å². The van der Waals surface area contributed by atoms with Crippen molar-refractivity contribution in [1.29, 1.82) is 0 Å². The van der Waals surface area contributed by atoms with Gasteiger partial charge in [-0.05, 0) is 35.4 Å². The molecule has 0 radical (unpaired) electrons. The van der Waals surface area contributed by atoms with Crippen LogP contribution in [0, 0.1) is 0 Å². The van der Waals surface area contributed by atoms with Crippen LogP contribution in [0.2, 0.25) is 0 Å². The Hall–Kier alpha value is -3.15. The summed E-state index contributed by atoms with van der Waals surface area (Å²) >= 11 is 0. The molecule has 1 aliphatic heterocycles. The fourth-order valence-electron chi connectivity index (χ4n) is 3.13. The number of amides is 1. The largest absolute Gasteiger partial charge is 0.381 e. The molecule has 2 N–H and O–H groups in total. The van der Waals surface area contributed by atoms with Crippen LogP contribution in [0.1, 0.15) is 23.6 Å². The van der Waals surface area contributed by atoms with Crippen LogP contribution in [0.3, 0.4) is 0 Å². The Morgan fingerprint density at radius 3 is 2.92 bits per heavy atom. The van der Waals surface area contributed by atoms with Crippen LogP contribution < -0.4 is 5.32 Å². The second-order valence-corrected chi connectivity index (χ2v) is 6.22. The third kappa shape index (κ3) is 3.10. The van der Waals surface area contributed by atoms with Gasteiger partial charge in [0.25, 0.3) is 0 Å². The fraction of sp³-hybridized carbons (Fsp3) is 0.211. The van der Waals surface area contributed by atoms with Crippen molar-refractivity contribution in [1.82, 2.24) is 20.1 Å². The van der Waals surface area contributed by atoms with Crippen LogP contribution in [0.15, 0.2) is 48.9 Å². The summed E-state index contributed by atoms with van der Waals surface area (Å²) in [5.74, 6) is 0.116. The first-order valence-electron chi connectivity index (χ1n) is 8.24. The first kappa shape index (κ1) is 15.4. The summed E-state index contributed by atoms with van der Waals surface area (Å²) in [5, 5.41) is 10.7. The number of hydrogen-bond donors (Lipinski definition) is 2. The van der Waals surface area contributed by atoms with E-state index in [4.69, 9.17) is 0 Å². The van der Waals surface area contributed by atoms with Crippen molar-refractivity contribution in [2.45, 2.75) is 26.6 Å². The lowest BCUT2D eigenvalue weighted by atomic mass is 10.1. The zero-order valence-corrected chi connectivity index (χ0v) is 14.0. The summed E-state index contributed by atoms with van der Waals surface area (Å²) in [4.78, 5) is 17.6. The summed E-state index contributed by atoms with van der Waals surface area (Å²) in [7, 11) is 0. The molecule has 2 aromatic heterocycles. The van der Waals surface area contributed by atoms with Crippen LogP contribution in [0.5, 0.6) is 0 Å². The molecule has 126 valence electrons. The van der Waals surface area contributed by atoms with Gasteiger partial charge in [-0.25, -0.2) is 0 Å². The quantitative estimate of drug-likeness (QED) is 0.770. The molecule has 3 heterocycles. The lowest BCUT2D eigenvalue weighted by molar-refractivity contribution is -0.129. The van der Waals surface area contributed by atoms with Gasteiger partial charge in [-0.15, -0.1) is 0 Å². The number of benzene rings is 1. The van der Waals surface area contributed by atoms with E-state index < -0.39 is 0 Å². The maximum absolute atomic E-state index is 11.5. The van der Waals surface area contributed by atoms with E-state index >= 15 is 0 Å². The van der Waals surface area contributed by atoms with Crippen molar-refractivity contribution in [2.75, 3.05) is 5.32 Å². The third-order valence-corrected chi connectivity index (χ3v) is 4.53. The van der Waals surface area contributed by atoms with Crippen molar-refractivity contribution in [2.24, 2.45) is 0 Å². The average Bonchev–Trinajstić information content (AvgIpc) is 3.27. The van der Waals surface area contributed by atoms with E-state index in [1.165, 1.54) is 11.1 Å². The number of carbonyl (C=O) groups is 1. The zero-order chi connectivity index (χ0) is 17.2. The van der Waals surface area contributed by atoms with Crippen LogP contribution in [0.4, 0.5) is 5.69 Å². The number of pyridine rings is 1. The monoisotopic (exact) mass is 333 g/mol. The first-order valence-corrected chi connectivity index (χ1v) is 8.24. The van der Waals surface area contributed by atoms with Crippen molar-refractivity contribution >= 4 is 11.6 Å². The van der Waals surface area contributed by atoms with E-state index in [0.717, 1.165) is 22.5 Å². The molecule has 4 rings (SSSR count). The molecule has 0 bridgehead atoms. The van der Waals surface area contributed by atoms with Crippen molar-refractivity contribution in [3.63, 3.8) is 0 Å². The van der Waals surface area contributed by atoms with Gasteiger partial charge in [0.1, 0.15) is 0 Å². The Morgan fingerprint density at radius 1 is 1.24 bits per heavy atom. The topological polar surface area (TPSA) is 73.9 Å². The predicted octanol–water partition coefficient (Wildman–Crippen LogP) is 2.95. The smallest absolute Gasteiger partial charge is 0.220 e. The van der Waals surface area contributed by atoms with E-state index in [2.05, 4.69) is 38.7 Å². The van der Waals surface area contributed by atoms with Gasteiger partial charge in [-0.3, -0.25) is 14.9 Å². The molecule has 0 unspecified atom stereocenters. The molecule has 0 atom stereocenters. The van der Waals surface area contributed by atoms with Gasteiger partial charge in [-0.1, -0.05) is 6.07 Å². The standard InChI is InChI=1S/C19H19N5O/c1-13(25)24-11-15-4-5-18(7-16(15)12-24)21-9-17-10-22-23-19(17)14-3-2-6-20-8-14/h2-8,10,21H,9,11-12H2,1H3,(H,22,23). The summed E-state index contributed by atoms with van der Waals surface area (Å²) in [5.41, 5.74) is 6.55. The molecular formula is C19H19N5O. The number of aromatic amines is 1. The molecular weight excluding hydrogens is 314 g/mol. The fourth-order valence-corrected chi connectivity index (χ4v) is 3.13. The van der Waals surface area contributed by atoms with Crippen LogP contribution >= 0.6 is 0 Å². The molecule has 1 aliphatic rings. The van der Waals surface area contributed by atoms with E-state index in [-0.39, 0.29) is 5.91 Å². The van der Waals surface area contributed by atoms with Gasteiger partial charge < -0.3 is 10.2 Å². The predicted molar refractivity (Wildman–Crippen MR) is 95.5 cm³/mol. The Bertz CT molecular complexity index is 903. The number of nitrogens with zero attached hydrogens (tertiary/aromatic N) is 3. The molecule has 1 amide bonds. The minimum atomic E-state index is 0.116. The number of carbonyl (C=O) groups excluding carboxylic acids is 1. The molecule has 0 fully saturated rings. The molecule has 6 nitrogen and oxygen atoms in total. The highest BCUT2D eigenvalue weighted by Gasteiger charge is 2.20. The molecule has 0 spiro atoms. The molecule has 1 aromatic carbocycles. The molecule has 0 saturated heterocycles. The van der Waals surface area contributed by atoms with Gasteiger partial charge in [0, 0.05) is 55.8 Å². The van der Waals surface area contributed by atoms with Crippen molar-refractivity contribution in [3.8, 4) is 11.3 Å². The molecule has 0 saturated carbocycles. The van der Waals surface area contributed by atoms with Crippen LogP contribution in [-0.4, -0.2) is 26.0 Å². The van der Waals surface area contributed by atoms with Gasteiger partial charge in [0.2, 0.25) is 5.91 Å². The maximum atomic E-state index is 11.5. The van der Waals surface area contributed by atoms with Gasteiger partial charge in [0.15, 0.2) is 0 Å². The lowest BCUT2D eigenvalue weighted by Crippen LogP contribution is -2.21. The molecule has 6 heteroatoms. The highest BCUT2D eigenvalue weighted by molar-refractivity contribution is 5.74. The number of anilines is 1. The Labute approximate surface area is 145 Å². The minimum absolute atomic E-state index is 0.116. The normalized spacial score (nSPS) is 12.9. The second kappa shape index (κ2) is 6.39. The summed E-state index contributed by atoms with van der Waals surface area (Å²) in [6.45, 7) is 3.67. The van der Waals surface area contributed by atoms with Gasteiger partial charge >= 0.3 is 0 Å². The number of rotatable bonds is 4. The summed E-state index contributed by atoms with van der Waals surface area (Å²) in [6.07, 6.45) is 5.41. The van der Waals surface area contributed by atoms with Crippen LogP contribution in [0.25, 0.3) is 11.3 Å².